The molecule has 1 aromatic rings. The van der Waals surface area contributed by atoms with Crippen molar-refractivity contribution < 1.29 is 4.79 Å². The molecule has 3 rings (SSSR count). The summed E-state index contributed by atoms with van der Waals surface area (Å²) in [5.74, 6) is 1.19. The second kappa shape index (κ2) is 4.03. The predicted octanol–water partition coefficient (Wildman–Crippen LogP) is 1.24. The minimum Gasteiger partial charge on any atom is -0.308 e. The molecule has 1 aliphatic carbocycles. The summed E-state index contributed by atoms with van der Waals surface area (Å²) in [5, 5.41) is 6.09. The van der Waals surface area contributed by atoms with Crippen LogP contribution in [-0.2, 0) is 4.79 Å². The van der Waals surface area contributed by atoms with Crippen molar-refractivity contribution in [1.82, 2.24) is 15.3 Å². The summed E-state index contributed by atoms with van der Waals surface area (Å²) in [5.41, 5.74) is 0.809. The van der Waals surface area contributed by atoms with E-state index in [1.165, 1.54) is 6.42 Å². The zero-order valence-corrected chi connectivity index (χ0v) is 11.0. The van der Waals surface area contributed by atoms with Gasteiger partial charge in [-0.1, -0.05) is 0 Å². The van der Waals surface area contributed by atoms with E-state index in [1.54, 1.807) is 6.20 Å². The van der Waals surface area contributed by atoms with Crippen LogP contribution < -0.4 is 10.6 Å². The van der Waals surface area contributed by atoms with Gasteiger partial charge in [-0.15, -0.1) is 0 Å². The molecule has 0 spiro atoms. The van der Waals surface area contributed by atoms with Gasteiger partial charge in [-0.25, -0.2) is 4.98 Å². The number of nitrogens with zero attached hydrogens (tertiary/aromatic N) is 2. The van der Waals surface area contributed by atoms with Gasteiger partial charge in [-0.2, -0.15) is 0 Å². The van der Waals surface area contributed by atoms with Gasteiger partial charge in [-0.3, -0.25) is 9.78 Å². The quantitative estimate of drug-likeness (QED) is 0.862. The maximum Gasteiger partial charge on any atom is 0.242 e. The number of hydrogen-bond donors (Lipinski definition) is 2. The summed E-state index contributed by atoms with van der Waals surface area (Å²) in [6.45, 7) is 1.86. The zero-order chi connectivity index (χ0) is 12.0. The highest BCUT2D eigenvalue weighted by Crippen LogP contribution is 2.40. The highest BCUT2D eigenvalue weighted by molar-refractivity contribution is 9.10. The minimum absolute atomic E-state index is 0.0118. The van der Waals surface area contributed by atoms with Crippen molar-refractivity contribution in [1.29, 1.82) is 0 Å². The number of aromatic nitrogens is 2. The molecule has 0 radical (unpaired) electrons. The van der Waals surface area contributed by atoms with Gasteiger partial charge >= 0.3 is 0 Å². The standard InChI is InChI=1S/C11H13BrN4O/c1-5-10(12)15-9(4-13-5)16-11(17)8-3-6-2-7(6)14-8/h4,6-8,14H,2-3H2,1H3,(H,15,16,17). The first-order chi connectivity index (χ1) is 8.13. The third-order valence-electron chi connectivity index (χ3n) is 3.34. The molecule has 2 aliphatic rings. The maximum absolute atomic E-state index is 11.9. The van der Waals surface area contributed by atoms with E-state index in [2.05, 4.69) is 36.5 Å². The molecule has 6 heteroatoms. The molecule has 3 atom stereocenters. The fourth-order valence-corrected chi connectivity index (χ4v) is 2.52. The van der Waals surface area contributed by atoms with Crippen molar-refractivity contribution in [2.75, 3.05) is 5.32 Å². The van der Waals surface area contributed by atoms with E-state index in [9.17, 15) is 4.79 Å². The highest BCUT2D eigenvalue weighted by atomic mass is 79.9. The largest absolute Gasteiger partial charge is 0.308 e. The molecule has 2 fully saturated rings. The molecular formula is C11H13BrN4O. The lowest BCUT2D eigenvalue weighted by Gasteiger charge is -2.12. The first-order valence-corrected chi connectivity index (χ1v) is 6.49. The van der Waals surface area contributed by atoms with Crippen LogP contribution in [0.25, 0.3) is 0 Å². The van der Waals surface area contributed by atoms with Gasteiger partial charge < -0.3 is 10.6 Å². The monoisotopic (exact) mass is 296 g/mol. The topological polar surface area (TPSA) is 66.9 Å². The Morgan fingerprint density at radius 1 is 1.59 bits per heavy atom. The van der Waals surface area contributed by atoms with Crippen LogP contribution in [0.2, 0.25) is 0 Å². The Balaban J connectivity index is 1.65. The van der Waals surface area contributed by atoms with Crippen molar-refractivity contribution in [3.8, 4) is 0 Å². The van der Waals surface area contributed by atoms with Crippen molar-refractivity contribution in [2.45, 2.75) is 31.8 Å². The van der Waals surface area contributed by atoms with Gasteiger partial charge in [0.05, 0.1) is 17.9 Å². The summed E-state index contributed by atoms with van der Waals surface area (Å²) < 4.78 is 0.664. The predicted molar refractivity (Wildman–Crippen MR) is 66.5 cm³/mol. The molecule has 5 nitrogen and oxygen atoms in total. The average Bonchev–Trinajstić information content (AvgIpc) is 2.91. The Bertz CT molecular complexity index is 469. The van der Waals surface area contributed by atoms with E-state index in [0.717, 1.165) is 12.1 Å². The third-order valence-corrected chi connectivity index (χ3v) is 4.09. The van der Waals surface area contributed by atoms with E-state index < -0.39 is 0 Å². The summed E-state index contributed by atoms with van der Waals surface area (Å²) in [7, 11) is 0. The smallest absolute Gasteiger partial charge is 0.242 e. The number of anilines is 1. The van der Waals surface area contributed by atoms with Crippen LogP contribution in [0.15, 0.2) is 10.8 Å². The van der Waals surface area contributed by atoms with Crippen LogP contribution in [0.1, 0.15) is 18.5 Å². The van der Waals surface area contributed by atoms with Gasteiger partial charge in [0.15, 0.2) is 5.82 Å². The summed E-state index contributed by atoms with van der Waals surface area (Å²) in [4.78, 5) is 20.3. The number of carbonyl (C=O) groups is 1. The fourth-order valence-electron chi connectivity index (χ4n) is 2.22. The maximum atomic E-state index is 11.9. The molecule has 0 aromatic carbocycles. The first-order valence-electron chi connectivity index (χ1n) is 5.69. The van der Waals surface area contributed by atoms with Crippen molar-refractivity contribution in [2.24, 2.45) is 5.92 Å². The second-order valence-electron chi connectivity index (χ2n) is 4.68. The molecule has 1 saturated carbocycles. The van der Waals surface area contributed by atoms with Gasteiger partial charge in [0.1, 0.15) is 4.60 Å². The number of rotatable bonds is 2. The van der Waals surface area contributed by atoms with Crippen molar-refractivity contribution >= 4 is 27.7 Å². The molecule has 17 heavy (non-hydrogen) atoms. The normalized spacial score (nSPS) is 29.9. The summed E-state index contributed by atoms with van der Waals surface area (Å²) >= 11 is 3.30. The molecule has 2 N–H and O–H groups in total. The molecule has 1 amide bonds. The number of carbonyl (C=O) groups excluding carboxylic acids is 1. The van der Waals surface area contributed by atoms with Crippen molar-refractivity contribution in [3.05, 3.63) is 16.5 Å². The zero-order valence-electron chi connectivity index (χ0n) is 9.40. The van der Waals surface area contributed by atoms with E-state index in [4.69, 9.17) is 0 Å². The molecule has 1 aromatic heterocycles. The number of hydrogen-bond acceptors (Lipinski definition) is 4. The minimum atomic E-state index is -0.0689. The Hall–Kier alpha value is -1.01. The first kappa shape index (κ1) is 11.1. The van der Waals surface area contributed by atoms with Gasteiger partial charge in [0.25, 0.3) is 0 Å². The molecule has 1 aliphatic heterocycles. The van der Waals surface area contributed by atoms with Crippen LogP contribution >= 0.6 is 15.9 Å². The number of fused-ring (bicyclic) bond motifs is 1. The fraction of sp³-hybridized carbons (Fsp3) is 0.545. The van der Waals surface area contributed by atoms with Gasteiger partial charge in [0, 0.05) is 6.04 Å². The van der Waals surface area contributed by atoms with Crippen LogP contribution in [0.5, 0.6) is 0 Å². The molecule has 90 valence electrons. The van der Waals surface area contributed by atoms with Crippen molar-refractivity contribution in [3.63, 3.8) is 0 Å². The number of piperidine rings is 1. The number of amides is 1. The number of aryl methyl sites for hydroxylation is 1. The van der Waals surface area contributed by atoms with E-state index >= 15 is 0 Å². The van der Waals surface area contributed by atoms with Crippen LogP contribution in [0.4, 0.5) is 5.82 Å². The molecule has 3 unspecified atom stereocenters. The SMILES string of the molecule is Cc1ncc(NC(=O)C2CC3CC3N2)nc1Br. The van der Waals surface area contributed by atoms with Crippen LogP contribution in [0, 0.1) is 12.8 Å². The van der Waals surface area contributed by atoms with E-state index in [0.29, 0.717) is 22.4 Å². The Labute approximate surface area is 108 Å². The van der Waals surface area contributed by atoms with Gasteiger partial charge in [-0.05, 0) is 41.6 Å². The van der Waals surface area contributed by atoms with Gasteiger partial charge in [0.2, 0.25) is 5.91 Å². The molecule has 0 bridgehead atoms. The molecule has 2 heterocycles. The lowest BCUT2D eigenvalue weighted by Crippen LogP contribution is -2.38. The Morgan fingerprint density at radius 2 is 2.41 bits per heavy atom. The Kier molecular flexibility index (Phi) is 2.63. The molecule has 1 saturated heterocycles. The highest BCUT2D eigenvalue weighted by Gasteiger charge is 2.47. The van der Waals surface area contributed by atoms with E-state index in [-0.39, 0.29) is 11.9 Å². The molecular weight excluding hydrogens is 284 g/mol. The third kappa shape index (κ3) is 2.19. The number of halogens is 1. The number of nitrogens with one attached hydrogen (secondary N) is 2. The average molecular weight is 297 g/mol. The summed E-state index contributed by atoms with van der Waals surface area (Å²) in [6.07, 6.45) is 3.74. The van der Waals surface area contributed by atoms with Crippen LogP contribution in [0.3, 0.4) is 0 Å². The van der Waals surface area contributed by atoms with Crippen LogP contribution in [-0.4, -0.2) is 28.0 Å². The van der Waals surface area contributed by atoms with E-state index in [1.807, 2.05) is 6.92 Å². The Morgan fingerprint density at radius 3 is 3.06 bits per heavy atom. The summed E-state index contributed by atoms with van der Waals surface area (Å²) in [6, 6.07) is 0.502. The second-order valence-corrected chi connectivity index (χ2v) is 5.43. The lowest BCUT2D eigenvalue weighted by atomic mass is 10.2. The lowest BCUT2D eigenvalue weighted by molar-refractivity contribution is -0.118.